The highest BCUT2D eigenvalue weighted by molar-refractivity contribution is 7.17. The second-order valence-corrected chi connectivity index (χ2v) is 7.77. The smallest absolute Gasteiger partial charge is 0.339 e. The third-order valence-electron chi connectivity index (χ3n) is 4.69. The fourth-order valence-electron chi connectivity index (χ4n) is 2.94. The number of ether oxygens (including phenoxy) is 1. The lowest BCUT2D eigenvalue weighted by Crippen LogP contribution is -2.24. The van der Waals surface area contributed by atoms with Gasteiger partial charge in [-0.05, 0) is 12.8 Å². The Hall–Kier alpha value is -3.31. The molecule has 0 radical (unpaired) electrons. The van der Waals surface area contributed by atoms with Crippen LogP contribution in [0, 0.1) is 5.92 Å². The number of amides is 1. The molecule has 3 heterocycles. The lowest BCUT2D eigenvalue weighted by atomic mass is 10.2. The summed E-state index contributed by atoms with van der Waals surface area (Å²) in [6, 6.07) is 1.46. The number of thiophene rings is 1. The van der Waals surface area contributed by atoms with Gasteiger partial charge < -0.3 is 20.5 Å². The van der Waals surface area contributed by atoms with Gasteiger partial charge in [0.1, 0.15) is 11.4 Å². The van der Waals surface area contributed by atoms with Crippen LogP contribution in [0.3, 0.4) is 0 Å². The number of aromatic nitrogens is 3. The summed E-state index contributed by atoms with van der Waals surface area (Å²) in [7, 11) is 1.54. The molecule has 0 atom stereocenters. The zero-order chi connectivity index (χ0) is 21.3. The standard InChI is InChI=1S/C19H19N5O5S/c1-29-5-4-24-18(26)16-13(9-30-14(16)8-21-24)22-12-6-15(20-7-11(12)19(27)28)23-17(25)10-2-3-10/h6-10H,2-5H2,1H3,(H,27,28)(H2,20,22,23,25). The molecule has 0 spiro atoms. The third kappa shape index (κ3) is 4.02. The molecule has 0 aliphatic heterocycles. The number of methoxy groups -OCH3 is 1. The highest BCUT2D eigenvalue weighted by Gasteiger charge is 2.30. The number of nitrogens with one attached hydrogen (secondary N) is 2. The summed E-state index contributed by atoms with van der Waals surface area (Å²) < 4.78 is 6.98. The van der Waals surface area contributed by atoms with E-state index in [4.69, 9.17) is 4.74 Å². The Morgan fingerprint density at radius 1 is 1.33 bits per heavy atom. The van der Waals surface area contributed by atoms with Crippen molar-refractivity contribution in [3.05, 3.63) is 39.8 Å². The van der Waals surface area contributed by atoms with Gasteiger partial charge in [0.25, 0.3) is 5.56 Å². The van der Waals surface area contributed by atoms with E-state index in [1.807, 2.05) is 0 Å². The summed E-state index contributed by atoms with van der Waals surface area (Å²) in [6.45, 7) is 0.635. The topological polar surface area (TPSA) is 135 Å². The summed E-state index contributed by atoms with van der Waals surface area (Å²) in [6.07, 6.45) is 4.46. The first-order valence-corrected chi connectivity index (χ1v) is 10.1. The van der Waals surface area contributed by atoms with Crippen LogP contribution in [0.2, 0.25) is 0 Å². The number of carboxylic acid groups (broad SMARTS) is 1. The number of fused-ring (bicyclic) bond motifs is 1. The largest absolute Gasteiger partial charge is 0.478 e. The SMILES string of the molecule is COCCn1ncc2scc(Nc3cc(NC(=O)C4CC4)ncc3C(=O)O)c2c1=O. The van der Waals surface area contributed by atoms with E-state index < -0.39 is 5.97 Å². The predicted octanol–water partition coefficient (Wildman–Crippen LogP) is 2.29. The van der Waals surface area contributed by atoms with Crippen molar-refractivity contribution in [1.29, 1.82) is 0 Å². The van der Waals surface area contributed by atoms with Crippen LogP contribution in [0.25, 0.3) is 10.1 Å². The normalized spacial score (nSPS) is 13.4. The van der Waals surface area contributed by atoms with Crippen LogP contribution < -0.4 is 16.2 Å². The molecule has 3 aromatic heterocycles. The molecule has 30 heavy (non-hydrogen) atoms. The summed E-state index contributed by atoms with van der Waals surface area (Å²) in [5.74, 6) is -1.08. The first-order chi connectivity index (χ1) is 14.5. The average molecular weight is 429 g/mol. The van der Waals surface area contributed by atoms with Crippen LogP contribution in [0.5, 0.6) is 0 Å². The minimum absolute atomic E-state index is 0.0127. The number of anilines is 3. The summed E-state index contributed by atoms with van der Waals surface area (Å²) >= 11 is 1.32. The van der Waals surface area contributed by atoms with Crippen LogP contribution in [-0.4, -0.2) is 45.5 Å². The number of carbonyl (C=O) groups is 2. The van der Waals surface area contributed by atoms with Crippen LogP contribution in [0.15, 0.2) is 28.6 Å². The van der Waals surface area contributed by atoms with Gasteiger partial charge in [0.05, 0.1) is 40.8 Å². The quantitative estimate of drug-likeness (QED) is 0.496. The second kappa shape index (κ2) is 8.20. The molecule has 1 amide bonds. The number of hydrogen-bond acceptors (Lipinski definition) is 8. The van der Waals surface area contributed by atoms with E-state index in [0.717, 1.165) is 12.8 Å². The van der Waals surface area contributed by atoms with Crippen molar-refractivity contribution in [3.8, 4) is 0 Å². The van der Waals surface area contributed by atoms with E-state index in [1.54, 1.807) is 11.6 Å². The van der Waals surface area contributed by atoms with Crippen molar-refractivity contribution in [3.63, 3.8) is 0 Å². The molecule has 156 valence electrons. The second-order valence-electron chi connectivity index (χ2n) is 6.86. The predicted molar refractivity (Wildman–Crippen MR) is 112 cm³/mol. The van der Waals surface area contributed by atoms with E-state index in [-0.39, 0.29) is 34.5 Å². The van der Waals surface area contributed by atoms with Gasteiger partial charge in [0.15, 0.2) is 0 Å². The van der Waals surface area contributed by atoms with Crippen molar-refractivity contribution in [2.45, 2.75) is 19.4 Å². The maximum Gasteiger partial charge on any atom is 0.339 e. The molecule has 3 aromatic rings. The third-order valence-corrected chi connectivity index (χ3v) is 5.61. The molecule has 1 saturated carbocycles. The van der Waals surface area contributed by atoms with Gasteiger partial charge in [-0.3, -0.25) is 9.59 Å². The van der Waals surface area contributed by atoms with Gasteiger partial charge in [-0.25, -0.2) is 14.5 Å². The molecule has 0 saturated heterocycles. The fraction of sp³-hybridized carbons (Fsp3) is 0.316. The van der Waals surface area contributed by atoms with Crippen molar-refractivity contribution in [1.82, 2.24) is 14.8 Å². The Morgan fingerprint density at radius 3 is 2.83 bits per heavy atom. The molecule has 0 unspecified atom stereocenters. The van der Waals surface area contributed by atoms with Gasteiger partial charge >= 0.3 is 5.97 Å². The molecule has 1 fully saturated rings. The molecule has 0 aromatic carbocycles. The molecular weight excluding hydrogens is 410 g/mol. The summed E-state index contributed by atoms with van der Waals surface area (Å²) in [4.78, 5) is 40.5. The monoisotopic (exact) mass is 429 g/mol. The molecule has 4 rings (SSSR count). The van der Waals surface area contributed by atoms with Crippen molar-refractivity contribution < 1.29 is 19.4 Å². The fourth-order valence-corrected chi connectivity index (χ4v) is 3.78. The van der Waals surface area contributed by atoms with Crippen LogP contribution in [-0.2, 0) is 16.1 Å². The van der Waals surface area contributed by atoms with Gasteiger partial charge in [-0.1, -0.05) is 0 Å². The van der Waals surface area contributed by atoms with E-state index in [2.05, 4.69) is 20.7 Å². The van der Waals surface area contributed by atoms with Gasteiger partial charge in [0.2, 0.25) is 5.91 Å². The Morgan fingerprint density at radius 2 is 2.13 bits per heavy atom. The van der Waals surface area contributed by atoms with E-state index in [1.165, 1.54) is 35.4 Å². The molecular formula is C19H19N5O5S. The zero-order valence-electron chi connectivity index (χ0n) is 16.0. The maximum atomic E-state index is 12.8. The number of aromatic carboxylic acids is 1. The highest BCUT2D eigenvalue weighted by atomic mass is 32.1. The molecule has 0 bridgehead atoms. The van der Waals surface area contributed by atoms with Crippen molar-refractivity contribution >= 4 is 50.5 Å². The van der Waals surface area contributed by atoms with Crippen molar-refractivity contribution in [2.24, 2.45) is 5.92 Å². The number of carboxylic acids is 1. The van der Waals surface area contributed by atoms with Crippen LogP contribution in [0.1, 0.15) is 23.2 Å². The van der Waals surface area contributed by atoms with Crippen LogP contribution >= 0.6 is 11.3 Å². The van der Waals surface area contributed by atoms with Crippen LogP contribution in [0.4, 0.5) is 17.2 Å². The summed E-state index contributed by atoms with van der Waals surface area (Å²) in [5.41, 5.74) is 0.304. The lowest BCUT2D eigenvalue weighted by molar-refractivity contribution is -0.117. The Bertz CT molecular complexity index is 1180. The molecule has 11 heteroatoms. The number of rotatable bonds is 8. The molecule has 3 N–H and O–H groups in total. The van der Waals surface area contributed by atoms with E-state index >= 15 is 0 Å². The van der Waals surface area contributed by atoms with E-state index in [0.29, 0.717) is 28.9 Å². The number of nitrogens with zero attached hydrogens (tertiary/aromatic N) is 3. The van der Waals surface area contributed by atoms with Gasteiger partial charge in [-0.15, -0.1) is 11.3 Å². The lowest BCUT2D eigenvalue weighted by Gasteiger charge is -2.11. The highest BCUT2D eigenvalue weighted by Crippen LogP contribution is 2.33. The molecule has 1 aliphatic carbocycles. The first kappa shape index (κ1) is 20.0. The van der Waals surface area contributed by atoms with E-state index in [9.17, 15) is 19.5 Å². The number of pyridine rings is 1. The Balaban J connectivity index is 1.70. The first-order valence-electron chi connectivity index (χ1n) is 9.25. The Kier molecular flexibility index (Phi) is 5.46. The maximum absolute atomic E-state index is 12.8. The molecule has 10 nitrogen and oxygen atoms in total. The number of hydrogen-bond donors (Lipinski definition) is 3. The minimum atomic E-state index is -1.18. The van der Waals surface area contributed by atoms with Crippen molar-refractivity contribution in [2.75, 3.05) is 24.4 Å². The number of carbonyl (C=O) groups excluding carboxylic acids is 1. The Labute approximate surface area is 174 Å². The summed E-state index contributed by atoms with van der Waals surface area (Å²) in [5, 5.41) is 21.5. The van der Waals surface area contributed by atoms with Gasteiger partial charge in [0, 0.05) is 30.7 Å². The molecule has 1 aliphatic rings. The average Bonchev–Trinajstić information content (AvgIpc) is 3.49. The minimum Gasteiger partial charge on any atom is -0.478 e. The van der Waals surface area contributed by atoms with Gasteiger partial charge in [-0.2, -0.15) is 5.10 Å². The zero-order valence-corrected chi connectivity index (χ0v) is 16.9.